The summed E-state index contributed by atoms with van der Waals surface area (Å²) in [5, 5.41) is 9.83. The largest absolute Gasteiger partial charge is 0.477 e. The van der Waals surface area contributed by atoms with Crippen LogP contribution in [0.1, 0.15) is 15.2 Å². The van der Waals surface area contributed by atoms with E-state index in [1.165, 1.54) is 11.3 Å². The third-order valence-corrected chi connectivity index (χ3v) is 3.74. The van der Waals surface area contributed by atoms with Crippen LogP contribution < -0.4 is 5.73 Å². The highest BCUT2D eigenvalue weighted by Crippen LogP contribution is 2.36. The standard InChI is InChI=1S/C11H10ClNO2S/c12-5-4-6-2-1-3-7-8(6)9(13)10(16-7)11(14)15/h1-3H,4-5,13H2,(H,14,15). The summed E-state index contributed by atoms with van der Waals surface area (Å²) in [5.41, 5.74) is 7.22. The minimum atomic E-state index is -0.976. The third kappa shape index (κ3) is 1.74. The predicted molar refractivity (Wildman–Crippen MR) is 67.6 cm³/mol. The van der Waals surface area contributed by atoms with E-state index in [2.05, 4.69) is 0 Å². The second-order valence-corrected chi connectivity index (χ2v) is 4.81. The van der Waals surface area contributed by atoms with E-state index in [0.29, 0.717) is 18.0 Å². The quantitative estimate of drug-likeness (QED) is 0.829. The fourth-order valence-electron chi connectivity index (χ4n) is 1.71. The van der Waals surface area contributed by atoms with Gasteiger partial charge in [-0.05, 0) is 18.1 Å². The van der Waals surface area contributed by atoms with Gasteiger partial charge in [0.2, 0.25) is 0 Å². The van der Waals surface area contributed by atoms with Gasteiger partial charge in [0.15, 0.2) is 0 Å². The van der Waals surface area contributed by atoms with Gasteiger partial charge in [0.25, 0.3) is 0 Å². The van der Waals surface area contributed by atoms with Crippen LogP contribution in [0.25, 0.3) is 10.1 Å². The first-order chi connectivity index (χ1) is 7.65. The second-order valence-electron chi connectivity index (χ2n) is 3.38. The van der Waals surface area contributed by atoms with Crippen LogP contribution in [0.5, 0.6) is 0 Å². The first kappa shape index (κ1) is 11.2. The van der Waals surface area contributed by atoms with Crippen LogP contribution in [0.15, 0.2) is 18.2 Å². The lowest BCUT2D eigenvalue weighted by Crippen LogP contribution is -1.98. The number of rotatable bonds is 3. The van der Waals surface area contributed by atoms with E-state index in [1.807, 2.05) is 18.2 Å². The van der Waals surface area contributed by atoms with Crippen LogP contribution in [-0.2, 0) is 6.42 Å². The molecule has 0 fully saturated rings. The van der Waals surface area contributed by atoms with Crippen molar-refractivity contribution in [2.75, 3.05) is 11.6 Å². The third-order valence-electron chi connectivity index (χ3n) is 2.40. The van der Waals surface area contributed by atoms with Crippen LogP contribution in [0, 0.1) is 0 Å². The Morgan fingerprint density at radius 1 is 1.50 bits per heavy atom. The maximum absolute atomic E-state index is 11.0. The molecular weight excluding hydrogens is 246 g/mol. The number of carboxylic acid groups (broad SMARTS) is 1. The molecular formula is C11H10ClNO2S. The normalized spacial score (nSPS) is 10.8. The molecule has 0 amide bonds. The van der Waals surface area contributed by atoms with Crippen LogP contribution in [0.2, 0.25) is 0 Å². The van der Waals surface area contributed by atoms with E-state index in [9.17, 15) is 4.79 Å². The van der Waals surface area contributed by atoms with Crippen molar-refractivity contribution in [3.05, 3.63) is 28.6 Å². The molecule has 0 spiro atoms. The summed E-state index contributed by atoms with van der Waals surface area (Å²) >= 11 is 6.91. The maximum atomic E-state index is 11.0. The average molecular weight is 256 g/mol. The van der Waals surface area contributed by atoms with Gasteiger partial charge in [-0.1, -0.05) is 12.1 Å². The van der Waals surface area contributed by atoms with Gasteiger partial charge in [-0.2, -0.15) is 0 Å². The lowest BCUT2D eigenvalue weighted by Gasteiger charge is -2.01. The van der Waals surface area contributed by atoms with Gasteiger partial charge in [0.05, 0.1) is 5.69 Å². The molecule has 0 radical (unpaired) electrons. The van der Waals surface area contributed by atoms with Gasteiger partial charge in [0, 0.05) is 16.0 Å². The summed E-state index contributed by atoms with van der Waals surface area (Å²) in [4.78, 5) is 11.2. The maximum Gasteiger partial charge on any atom is 0.348 e. The topological polar surface area (TPSA) is 63.3 Å². The zero-order valence-electron chi connectivity index (χ0n) is 8.37. The summed E-state index contributed by atoms with van der Waals surface area (Å²) in [6.45, 7) is 0. The van der Waals surface area contributed by atoms with E-state index in [0.717, 1.165) is 15.6 Å². The molecule has 0 aliphatic rings. The number of nitrogen functional groups attached to an aromatic ring is 1. The zero-order valence-corrected chi connectivity index (χ0v) is 9.94. The number of thiophene rings is 1. The molecule has 0 aliphatic carbocycles. The number of aromatic carboxylic acids is 1. The molecule has 1 aromatic heterocycles. The Bertz CT molecular complexity index is 550. The minimum Gasteiger partial charge on any atom is -0.477 e. The molecule has 2 rings (SSSR count). The molecule has 0 bridgehead atoms. The van der Waals surface area contributed by atoms with Gasteiger partial charge in [0.1, 0.15) is 4.88 Å². The molecule has 16 heavy (non-hydrogen) atoms. The Balaban J connectivity index is 2.71. The molecule has 84 valence electrons. The Morgan fingerprint density at radius 3 is 2.88 bits per heavy atom. The predicted octanol–water partition coefficient (Wildman–Crippen LogP) is 2.96. The molecule has 3 nitrogen and oxygen atoms in total. The number of aryl methyl sites for hydroxylation is 1. The number of hydrogen-bond acceptors (Lipinski definition) is 3. The highest BCUT2D eigenvalue weighted by Gasteiger charge is 2.17. The molecule has 0 atom stereocenters. The molecule has 5 heteroatoms. The van der Waals surface area contributed by atoms with Crippen molar-refractivity contribution in [3.63, 3.8) is 0 Å². The number of carbonyl (C=O) groups is 1. The van der Waals surface area contributed by atoms with Gasteiger partial charge in [-0.3, -0.25) is 0 Å². The number of nitrogens with two attached hydrogens (primary N) is 1. The summed E-state index contributed by atoms with van der Waals surface area (Å²) in [6, 6.07) is 5.70. The van der Waals surface area contributed by atoms with Gasteiger partial charge in [-0.25, -0.2) is 4.79 Å². The van der Waals surface area contributed by atoms with Gasteiger partial charge in [-0.15, -0.1) is 22.9 Å². The van der Waals surface area contributed by atoms with Crippen LogP contribution in [0.4, 0.5) is 5.69 Å². The van der Waals surface area contributed by atoms with Crippen LogP contribution >= 0.6 is 22.9 Å². The fraction of sp³-hybridized carbons (Fsp3) is 0.182. The number of hydrogen-bond donors (Lipinski definition) is 2. The minimum absolute atomic E-state index is 0.206. The van der Waals surface area contributed by atoms with Crippen molar-refractivity contribution in [2.24, 2.45) is 0 Å². The van der Waals surface area contributed by atoms with Gasteiger partial charge < -0.3 is 10.8 Å². The number of benzene rings is 1. The first-order valence-electron chi connectivity index (χ1n) is 4.74. The lowest BCUT2D eigenvalue weighted by molar-refractivity contribution is 0.0703. The molecule has 1 heterocycles. The summed E-state index contributed by atoms with van der Waals surface area (Å²) < 4.78 is 0.900. The number of fused-ring (bicyclic) bond motifs is 1. The first-order valence-corrected chi connectivity index (χ1v) is 6.09. The molecule has 0 aliphatic heterocycles. The van der Waals surface area contributed by atoms with Crippen molar-refractivity contribution >= 4 is 44.7 Å². The molecule has 1 aromatic carbocycles. The zero-order chi connectivity index (χ0) is 11.7. The highest BCUT2D eigenvalue weighted by atomic mass is 35.5. The summed E-state index contributed by atoms with van der Waals surface area (Å²) in [7, 11) is 0. The second kappa shape index (κ2) is 4.31. The fourth-order valence-corrected chi connectivity index (χ4v) is 2.93. The SMILES string of the molecule is Nc1c(C(=O)O)sc2cccc(CCCl)c12. The summed E-state index contributed by atoms with van der Waals surface area (Å²) in [6.07, 6.45) is 0.693. The molecule has 0 saturated carbocycles. The van der Waals surface area contributed by atoms with E-state index in [-0.39, 0.29) is 4.88 Å². The monoisotopic (exact) mass is 255 g/mol. The van der Waals surface area contributed by atoms with E-state index in [4.69, 9.17) is 22.4 Å². The number of halogens is 1. The van der Waals surface area contributed by atoms with Crippen molar-refractivity contribution in [2.45, 2.75) is 6.42 Å². The number of anilines is 1. The Kier molecular flexibility index (Phi) is 3.03. The molecule has 2 aromatic rings. The molecule has 3 N–H and O–H groups in total. The van der Waals surface area contributed by atoms with Crippen LogP contribution in [-0.4, -0.2) is 17.0 Å². The number of alkyl halides is 1. The van der Waals surface area contributed by atoms with Gasteiger partial charge >= 0.3 is 5.97 Å². The smallest absolute Gasteiger partial charge is 0.348 e. The summed E-state index contributed by atoms with van der Waals surface area (Å²) in [5.74, 6) is -0.480. The van der Waals surface area contributed by atoms with E-state index in [1.54, 1.807) is 0 Å². The van der Waals surface area contributed by atoms with Crippen LogP contribution in [0.3, 0.4) is 0 Å². The highest BCUT2D eigenvalue weighted by molar-refractivity contribution is 7.21. The average Bonchev–Trinajstić information content (AvgIpc) is 2.58. The van der Waals surface area contributed by atoms with E-state index >= 15 is 0 Å². The molecule has 0 unspecified atom stereocenters. The molecule has 0 saturated heterocycles. The Morgan fingerprint density at radius 2 is 2.25 bits per heavy atom. The van der Waals surface area contributed by atoms with Crippen molar-refractivity contribution in [3.8, 4) is 0 Å². The van der Waals surface area contributed by atoms with Crippen molar-refractivity contribution < 1.29 is 9.90 Å². The van der Waals surface area contributed by atoms with Crippen molar-refractivity contribution in [1.82, 2.24) is 0 Å². The van der Waals surface area contributed by atoms with E-state index < -0.39 is 5.97 Å². The Labute approximate surface area is 101 Å². The lowest BCUT2D eigenvalue weighted by atomic mass is 10.1. The number of carboxylic acids is 1. The Hall–Kier alpha value is -1.26. The van der Waals surface area contributed by atoms with Crippen molar-refractivity contribution in [1.29, 1.82) is 0 Å².